The van der Waals surface area contributed by atoms with Gasteiger partial charge in [-0.25, -0.2) is 22.3 Å². The fourth-order valence-corrected chi connectivity index (χ4v) is 4.57. The van der Waals surface area contributed by atoms with Gasteiger partial charge < -0.3 is 11.5 Å². The quantitative estimate of drug-likeness (QED) is 0.638. The summed E-state index contributed by atoms with van der Waals surface area (Å²) in [5.41, 5.74) is 14.4. The molecule has 1 fully saturated rings. The Labute approximate surface area is 155 Å². The van der Waals surface area contributed by atoms with Crippen molar-refractivity contribution in [2.45, 2.75) is 6.54 Å². The number of nitrogen functional groups attached to an aromatic ring is 2. The third-order valence-electron chi connectivity index (χ3n) is 4.79. The summed E-state index contributed by atoms with van der Waals surface area (Å²) >= 11 is 0. The molecule has 0 radical (unpaired) electrons. The van der Waals surface area contributed by atoms with Crippen molar-refractivity contribution >= 4 is 26.9 Å². The van der Waals surface area contributed by atoms with Gasteiger partial charge in [-0.3, -0.25) is 4.90 Å². The molecule has 0 unspecified atom stereocenters. The number of hydrogen-bond acceptors (Lipinski definition) is 7. The van der Waals surface area contributed by atoms with Crippen LogP contribution in [0.15, 0.2) is 30.6 Å². The van der Waals surface area contributed by atoms with Crippen LogP contribution < -0.4 is 11.5 Å². The van der Waals surface area contributed by atoms with E-state index < -0.39 is 15.7 Å². The highest BCUT2D eigenvalue weighted by atomic mass is 32.2. The van der Waals surface area contributed by atoms with E-state index in [1.807, 2.05) is 6.07 Å². The highest BCUT2D eigenvalue weighted by molar-refractivity contribution is 7.91. The van der Waals surface area contributed by atoms with Crippen LogP contribution in [-0.4, -0.2) is 52.5 Å². The van der Waals surface area contributed by atoms with Crippen LogP contribution >= 0.6 is 0 Å². The average molecular weight is 390 g/mol. The number of aromatic nitrogens is 3. The Hall–Kier alpha value is -2.72. The highest BCUT2D eigenvalue weighted by Crippen LogP contribution is 2.32. The topological polar surface area (TPSA) is 120 Å². The molecule has 0 saturated carbocycles. The van der Waals surface area contributed by atoms with Crippen LogP contribution in [0, 0.1) is 5.82 Å². The molecule has 4 rings (SSSR count). The lowest BCUT2D eigenvalue weighted by atomic mass is 10.1. The van der Waals surface area contributed by atoms with E-state index in [1.165, 1.54) is 18.5 Å². The summed E-state index contributed by atoms with van der Waals surface area (Å²) in [6, 6.07) is 6.46. The molecule has 1 aliphatic rings. The number of sulfone groups is 1. The van der Waals surface area contributed by atoms with Crippen molar-refractivity contribution in [1.82, 2.24) is 19.5 Å². The third-order valence-corrected chi connectivity index (χ3v) is 6.40. The number of benzene rings is 1. The molecule has 2 aromatic heterocycles. The number of halogens is 1. The van der Waals surface area contributed by atoms with Crippen molar-refractivity contribution in [3.8, 4) is 11.1 Å². The first-order valence-corrected chi connectivity index (χ1v) is 10.3. The second-order valence-corrected chi connectivity index (χ2v) is 8.92. The molecule has 0 atom stereocenters. The van der Waals surface area contributed by atoms with Gasteiger partial charge in [-0.2, -0.15) is 5.10 Å². The van der Waals surface area contributed by atoms with Crippen molar-refractivity contribution in [2.75, 3.05) is 36.1 Å². The zero-order chi connectivity index (χ0) is 19.2. The minimum absolute atomic E-state index is 0.0706. The Morgan fingerprint density at radius 3 is 2.59 bits per heavy atom. The lowest BCUT2D eigenvalue weighted by molar-refractivity contribution is 0.282. The first kappa shape index (κ1) is 17.7. The molecule has 1 aromatic carbocycles. The van der Waals surface area contributed by atoms with Crippen molar-refractivity contribution in [3.63, 3.8) is 0 Å². The molecule has 4 N–H and O–H groups in total. The van der Waals surface area contributed by atoms with Gasteiger partial charge in [0.1, 0.15) is 17.7 Å². The normalized spacial score (nSPS) is 17.4. The number of fused-ring (bicyclic) bond motifs is 1. The van der Waals surface area contributed by atoms with Crippen LogP contribution in [0.5, 0.6) is 0 Å². The first-order chi connectivity index (χ1) is 12.8. The number of nitrogens with zero attached hydrogens (tertiary/aromatic N) is 4. The molecule has 3 aromatic rings. The SMILES string of the molecule is Nc1ccc(-c2cc(CN3CCS(=O)(=O)CC3)n3ncnc(N)c23)cc1F. The number of anilines is 2. The Kier molecular flexibility index (Phi) is 4.23. The Morgan fingerprint density at radius 2 is 1.89 bits per heavy atom. The van der Waals surface area contributed by atoms with Crippen molar-refractivity contribution in [1.29, 1.82) is 0 Å². The van der Waals surface area contributed by atoms with Gasteiger partial charge in [0.2, 0.25) is 0 Å². The summed E-state index contributed by atoms with van der Waals surface area (Å²) in [6.07, 6.45) is 1.36. The van der Waals surface area contributed by atoms with Crippen molar-refractivity contribution in [3.05, 3.63) is 42.1 Å². The lowest BCUT2D eigenvalue weighted by Crippen LogP contribution is -2.39. The maximum Gasteiger partial charge on any atom is 0.152 e. The summed E-state index contributed by atoms with van der Waals surface area (Å²) < 4.78 is 38.9. The van der Waals surface area contributed by atoms with E-state index >= 15 is 0 Å². The molecule has 3 heterocycles. The third kappa shape index (κ3) is 3.33. The monoisotopic (exact) mass is 390 g/mol. The molecule has 1 saturated heterocycles. The van der Waals surface area contributed by atoms with Crippen LogP contribution in [-0.2, 0) is 16.4 Å². The summed E-state index contributed by atoms with van der Waals surface area (Å²) in [5.74, 6) is 0.0576. The average Bonchev–Trinajstić information content (AvgIpc) is 2.99. The second-order valence-electron chi connectivity index (χ2n) is 6.62. The van der Waals surface area contributed by atoms with E-state index in [-0.39, 0.29) is 23.0 Å². The molecule has 142 valence electrons. The summed E-state index contributed by atoms with van der Waals surface area (Å²) in [5, 5.41) is 4.28. The maximum absolute atomic E-state index is 14.0. The van der Waals surface area contributed by atoms with Crippen LogP contribution in [0.25, 0.3) is 16.6 Å². The van der Waals surface area contributed by atoms with Gasteiger partial charge in [0.15, 0.2) is 15.7 Å². The number of rotatable bonds is 3. The fraction of sp³-hybridized carbons (Fsp3) is 0.294. The molecule has 1 aliphatic heterocycles. The predicted octanol–water partition coefficient (Wildman–Crippen LogP) is 0.930. The summed E-state index contributed by atoms with van der Waals surface area (Å²) in [7, 11) is -2.95. The number of nitrogens with two attached hydrogens (primary N) is 2. The molecule has 0 aliphatic carbocycles. The van der Waals surface area contributed by atoms with Gasteiger partial charge >= 0.3 is 0 Å². The first-order valence-electron chi connectivity index (χ1n) is 8.43. The highest BCUT2D eigenvalue weighted by Gasteiger charge is 2.24. The minimum Gasteiger partial charge on any atom is -0.396 e. The van der Waals surface area contributed by atoms with Crippen LogP contribution in [0.4, 0.5) is 15.9 Å². The smallest absolute Gasteiger partial charge is 0.152 e. The minimum atomic E-state index is -2.95. The van der Waals surface area contributed by atoms with E-state index in [2.05, 4.69) is 15.0 Å². The van der Waals surface area contributed by atoms with Crippen molar-refractivity contribution in [2.24, 2.45) is 0 Å². The summed E-state index contributed by atoms with van der Waals surface area (Å²) in [6.45, 7) is 1.43. The molecule has 0 bridgehead atoms. The van der Waals surface area contributed by atoms with Gasteiger partial charge in [-0.15, -0.1) is 0 Å². The van der Waals surface area contributed by atoms with Crippen molar-refractivity contribution < 1.29 is 12.8 Å². The summed E-state index contributed by atoms with van der Waals surface area (Å²) in [4.78, 5) is 6.10. The Bertz CT molecular complexity index is 1110. The van der Waals surface area contributed by atoms with Gasteiger partial charge in [-0.05, 0) is 23.8 Å². The van der Waals surface area contributed by atoms with E-state index in [9.17, 15) is 12.8 Å². The van der Waals surface area contributed by atoms with Crippen LogP contribution in [0.1, 0.15) is 5.69 Å². The second kappa shape index (κ2) is 6.46. The van der Waals surface area contributed by atoms with E-state index in [4.69, 9.17) is 11.5 Å². The van der Waals surface area contributed by atoms with E-state index in [1.54, 1.807) is 10.6 Å². The van der Waals surface area contributed by atoms with Gasteiger partial charge in [-0.1, -0.05) is 6.07 Å². The lowest BCUT2D eigenvalue weighted by Gasteiger charge is -2.26. The van der Waals surface area contributed by atoms with Gasteiger partial charge in [0.05, 0.1) is 22.9 Å². The molecule has 8 nitrogen and oxygen atoms in total. The Balaban J connectivity index is 1.76. The van der Waals surface area contributed by atoms with Crippen LogP contribution in [0.3, 0.4) is 0 Å². The number of hydrogen-bond donors (Lipinski definition) is 2. The molecule has 10 heteroatoms. The molecular weight excluding hydrogens is 371 g/mol. The molecular formula is C17H19FN6O2S. The van der Waals surface area contributed by atoms with Crippen LogP contribution in [0.2, 0.25) is 0 Å². The van der Waals surface area contributed by atoms with Gasteiger partial charge in [0.25, 0.3) is 0 Å². The zero-order valence-corrected chi connectivity index (χ0v) is 15.3. The van der Waals surface area contributed by atoms with E-state index in [0.29, 0.717) is 36.3 Å². The molecule has 0 spiro atoms. The fourth-order valence-electron chi connectivity index (χ4n) is 3.30. The molecule has 0 amide bonds. The standard InChI is InChI=1S/C17H19FN6O2S/c18-14-7-11(1-2-15(14)19)13-8-12(24-16(13)17(20)21-10-22-24)9-23-3-5-27(25,26)6-4-23/h1-2,7-8,10H,3-6,9,19H2,(H2,20,21,22). The largest absolute Gasteiger partial charge is 0.396 e. The van der Waals surface area contributed by atoms with Gasteiger partial charge in [0, 0.05) is 25.2 Å². The Morgan fingerprint density at radius 1 is 1.15 bits per heavy atom. The predicted molar refractivity (Wildman–Crippen MR) is 101 cm³/mol. The van der Waals surface area contributed by atoms with E-state index in [0.717, 1.165) is 5.69 Å². The zero-order valence-electron chi connectivity index (χ0n) is 14.5. The maximum atomic E-state index is 14.0. The molecule has 27 heavy (non-hydrogen) atoms.